The summed E-state index contributed by atoms with van der Waals surface area (Å²) in [5.74, 6) is -1.20. The Hall–Kier alpha value is -3.71. The van der Waals surface area contributed by atoms with Gasteiger partial charge in [-0.1, -0.05) is 83.1 Å². The van der Waals surface area contributed by atoms with Gasteiger partial charge in [-0.3, -0.25) is 14.9 Å². The van der Waals surface area contributed by atoms with Gasteiger partial charge in [0.15, 0.2) is 9.84 Å². The first-order valence-electron chi connectivity index (χ1n) is 17.5. The third-order valence-electron chi connectivity index (χ3n) is 9.57. The van der Waals surface area contributed by atoms with Crippen LogP contribution < -0.4 is 16.0 Å². The molecule has 4 aromatic rings. The number of hydrogen-bond donors (Lipinski definition) is 4. The predicted molar refractivity (Wildman–Crippen MR) is 199 cm³/mol. The molecule has 0 spiro atoms. The summed E-state index contributed by atoms with van der Waals surface area (Å²) in [4.78, 5) is 27.5. The molecule has 51 heavy (non-hydrogen) atoms. The van der Waals surface area contributed by atoms with E-state index in [0.717, 1.165) is 34.1 Å². The van der Waals surface area contributed by atoms with Gasteiger partial charge in [0.25, 0.3) is 0 Å². The van der Waals surface area contributed by atoms with Gasteiger partial charge in [-0.2, -0.15) is 4.37 Å². The van der Waals surface area contributed by atoms with Crippen LogP contribution in [0.3, 0.4) is 0 Å². The molecule has 274 valence electrons. The molecule has 1 fully saturated rings. The minimum atomic E-state index is -3.87. The number of rotatable bonds is 16. The van der Waals surface area contributed by atoms with E-state index < -0.39 is 56.0 Å². The Kier molecular flexibility index (Phi) is 12.0. The fourth-order valence-electron chi connectivity index (χ4n) is 6.55. The number of nitrogens with zero attached hydrogens (tertiary/aromatic N) is 1. The Balaban J connectivity index is 1.33. The molecule has 1 aliphatic carbocycles. The van der Waals surface area contributed by atoms with Crippen molar-refractivity contribution in [3.05, 3.63) is 95.9 Å². The molecule has 4 N–H and O–H groups in total. The van der Waals surface area contributed by atoms with E-state index >= 15 is 0 Å². The summed E-state index contributed by atoms with van der Waals surface area (Å²) in [6.07, 6.45) is 2.46. The molecule has 1 heterocycles. The van der Waals surface area contributed by atoms with Crippen molar-refractivity contribution in [1.82, 2.24) is 20.3 Å². The molecule has 2 amide bonds. The Morgan fingerprint density at radius 3 is 2.35 bits per heavy atom. The Morgan fingerprint density at radius 2 is 1.71 bits per heavy atom. The highest BCUT2D eigenvalue weighted by Gasteiger charge is 2.45. The second-order valence-electron chi connectivity index (χ2n) is 15.2. The van der Waals surface area contributed by atoms with Crippen molar-refractivity contribution < 1.29 is 27.5 Å². The summed E-state index contributed by atoms with van der Waals surface area (Å²) in [6, 6.07) is 18.9. The zero-order valence-electron chi connectivity index (χ0n) is 29.9. The van der Waals surface area contributed by atoms with Crippen LogP contribution in [-0.4, -0.2) is 59.7 Å². The number of nitrogens with one attached hydrogen (secondary N) is 3. The van der Waals surface area contributed by atoms with Crippen LogP contribution in [0, 0.1) is 17.2 Å². The lowest BCUT2D eigenvalue weighted by Crippen LogP contribution is -2.59. The Bertz CT molecular complexity index is 1920. The smallest absolute Gasteiger partial charge is 0.243 e. The first-order valence-corrected chi connectivity index (χ1v) is 19.8. The summed E-state index contributed by atoms with van der Waals surface area (Å²) in [5, 5.41) is 20.9. The molecule has 0 aliphatic heterocycles. The van der Waals surface area contributed by atoms with Crippen molar-refractivity contribution in [2.45, 2.75) is 101 Å². The normalized spacial score (nSPS) is 16.7. The largest absolute Gasteiger partial charge is 0.391 e. The maximum absolute atomic E-state index is 14.1. The highest BCUT2D eigenvalue weighted by molar-refractivity contribution is 7.92. The molecule has 5 rings (SSSR count). The molecule has 0 bridgehead atoms. The van der Waals surface area contributed by atoms with E-state index in [0.29, 0.717) is 6.42 Å². The summed E-state index contributed by atoms with van der Waals surface area (Å²) in [7, 11) is -3.87. The molecule has 0 radical (unpaired) electrons. The van der Waals surface area contributed by atoms with E-state index in [4.69, 9.17) is 0 Å². The number of amides is 2. The number of carbonyl (C=O) groups is 2. The third-order valence-corrected chi connectivity index (χ3v) is 12.5. The maximum atomic E-state index is 14.1. The average Bonchev–Trinajstić information content (AvgIpc) is 3.72. The number of aliphatic hydroxyl groups excluding tert-OH is 1. The number of halogens is 1. The summed E-state index contributed by atoms with van der Waals surface area (Å²) in [5.41, 5.74) is 0.442. The van der Waals surface area contributed by atoms with Crippen molar-refractivity contribution in [2.24, 2.45) is 11.3 Å². The zero-order chi connectivity index (χ0) is 37.0. The minimum Gasteiger partial charge on any atom is -0.391 e. The van der Waals surface area contributed by atoms with Gasteiger partial charge in [0.1, 0.15) is 11.9 Å². The number of hydrogen-bond acceptors (Lipinski definition) is 8. The summed E-state index contributed by atoms with van der Waals surface area (Å²) < 4.78 is 47.0. The van der Waals surface area contributed by atoms with E-state index in [1.54, 1.807) is 30.5 Å². The lowest BCUT2D eigenvalue weighted by Gasteiger charge is -2.34. The van der Waals surface area contributed by atoms with Crippen LogP contribution in [0.25, 0.3) is 10.1 Å². The second-order valence-corrected chi connectivity index (χ2v) is 18.3. The van der Waals surface area contributed by atoms with Crippen molar-refractivity contribution in [3.63, 3.8) is 0 Å². The maximum Gasteiger partial charge on any atom is 0.243 e. The van der Waals surface area contributed by atoms with Crippen LogP contribution in [0.4, 0.5) is 4.39 Å². The van der Waals surface area contributed by atoms with Crippen LogP contribution in [0.5, 0.6) is 0 Å². The van der Waals surface area contributed by atoms with Crippen LogP contribution in [0.2, 0.25) is 0 Å². The lowest BCUT2D eigenvalue weighted by atomic mass is 9.85. The monoisotopic (exact) mass is 736 g/mol. The molecule has 0 saturated heterocycles. The van der Waals surface area contributed by atoms with Gasteiger partial charge in [0, 0.05) is 17.1 Å². The Morgan fingerprint density at radius 1 is 0.980 bits per heavy atom. The van der Waals surface area contributed by atoms with Crippen LogP contribution in [0.1, 0.15) is 71.4 Å². The molecule has 12 heteroatoms. The number of fused-ring (bicyclic) bond motifs is 1. The van der Waals surface area contributed by atoms with Gasteiger partial charge >= 0.3 is 0 Å². The van der Waals surface area contributed by atoms with Crippen molar-refractivity contribution in [2.75, 3.05) is 6.54 Å². The number of aliphatic hydroxyl groups is 1. The Labute approximate surface area is 304 Å². The minimum absolute atomic E-state index is 0.0241. The highest BCUT2D eigenvalue weighted by Crippen LogP contribution is 2.45. The van der Waals surface area contributed by atoms with Gasteiger partial charge in [0.05, 0.1) is 33.5 Å². The molecular formula is C39H49FN4O5S2. The number of sulfone groups is 1. The molecule has 1 aliphatic rings. The number of carbonyl (C=O) groups excluding carboxylic acids is 2. The van der Waals surface area contributed by atoms with E-state index in [-0.39, 0.29) is 36.0 Å². The SMILES string of the molecule is CC(C)CC(C[C@@H](O)[C@H](Cc1ccccc1)NC(=O)[C@@H](NC(=O)CNC1(c2cccc(F)c2)CC1)C(C)(C)C)S(=O)(=O)c1ccc2cnsc2c1. The lowest BCUT2D eigenvalue weighted by molar-refractivity contribution is -0.132. The number of benzene rings is 3. The summed E-state index contributed by atoms with van der Waals surface area (Å²) >= 11 is 1.23. The van der Waals surface area contributed by atoms with E-state index in [1.807, 2.05) is 71.0 Å². The van der Waals surface area contributed by atoms with E-state index in [9.17, 15) is 27.5 Å². The highest BCUT2D eigenvalue weighted by atomic mass is 32.2. The van der Waals surface area contributed by atoms with Crippen LogP contribution in [-0.2, 0) is 31.4 Å². The first kappa shape index (κ1) is 38.5. The van der Waals surface area contributed by atoms with E-state index in [1.165, 1.54) is 23.7 Å². The average molecular weight is 737 g/mol. The van der Waals surface area contributed by atoms with Gasteiger partial charge in [-0.15, -0.1) is 0 Å². The number of aromatic nitrogens is 1. The predicted octanol–water partition coefficient (Wildman–Crippen LogP) is 5.91. The van der Waals surface area contributed by atoms with Crippen LogP contribution >= 0.6 is 11.5 Å². The standard InChI is InChI=1S/C39H49FN4O5S2/c1-25(2)18-31(51(48,49)30-15-14-27-23-42-50-34(27)22-30)21-33(45)32(19-26-10-7-6-8-11-26)43-37(47)36(38(3,4)5)44-35(46)24-41-39(16-17-39)28-12-9-13-29(40)20-28/h6-15,20,22-23,25,31-33,36,41,45H,16-19,21,24H2,1-5H3,(H,43,47)(H,44,46)/t31?,32-,33+,36+/m0/s1. The molecule has 3 aromatic carbocycles. The fraction of sp³-hybridized carbons (Fsp3) is 0.462. The van der Waals surface area contributed by atoms with Crippen molar-refractivity contribution in [1.29, 1.82) is 0 Å². The van der Waals surface area contributed by atoms with Gasteiger partial charge in [0.2, 0.25) is 11.8 Å². The molecule has 1 unspecified atom stereocenters. The zero-order valence-corrected chi connectivity index (χ0v) is 31.5. The first-order chi connectivity index (χ1) is 24.1. The molecule has 1 aromatic heterocycles. The van der Waals surface area contributed by atoms with Crippen molar-refractivity contribution in [3.8, 4) is 0 Å². The molecule has 9 nitrogen and oxygen atoms in total. The van der Waals surface area contributed by atoms with Crippen molar-refractivity contribution >= 4 is 43.3 Å². The topological polar surface area (TPSA) is 137 Å². The molecule has 4 atom stereocenters. The molecular weight excluding hydrogens is 688 g/mol. The fourth-order valence-corrected chi connectivity index (χ4v) is 9.33. The van der Waals surface area contributed by atoms with Gasteiger partial charge < -0.3 is 15.7 Å². The summed E-state index contributed by atoms with van der Waals surface area (Å²) in [6.45, 7) is 9.34. The second kappa shape index (κ2) is 15.9. The third kappa shape index (κ3) is 9.79. The quantitative estimate of drug-likeness (QED) is 0.112. The van der Waals surface area contributed by atoms with Gasteiger partial charge in [-0.25, -0.2) is 12.8 Å². The van der Waals surface area contributed by atoms with E-state index in [2.05, 4.69) is 20.3 Å². The van der Waals surface area contributed by atoms with Crippen LogP contribution in [0.15, 0.2) is 83.9 Å². The van der Waals surface area contributed by atoms with Gasteiger partial charge in [-0.05, 0) is 90.4 Å². The molecule has 1 saturated carbocycles.